The Morgan fingerprint density at radius 2 is 2.25 bits per heavy atom. The highest BCUT2D eigenvalue weighted by Crippen LogP contribution is 2.08. The second-order valence-electron chi connectivity index (χ2n) is 3.74. The highest BCUT2D eigenvalue weighted by molar-refractivity contribution is 9.10. The molecule has 3 nitrogen and oxygen atoms in total. The van der Waals surface area contributed by atoms with Crippen molar-refractivity contribution in [1.29, 1.82) is 0 Å². The molecule has 0 saturated heterocycles. The van der Waals surface area contributed by atoms with Crippen LogP contribution in [0.25, 0.3) is 0 Å². The van der Waals surface area contributed by atoms with Crippen molar-refractivity contribution in [2.45, 2.75) is 32.1 Å². The highest BCUT2D eigenvalue weighted by Gasteiger charge is 2.17. The van der Waals surface area contributed by atoms with Crippen LogP contribution in [0.2, 0.25) is 0 Å². The largest absolute Gasteiger partial charge is 0.336 e. The van der Waals surface area contributed by atoms with Gasteiger partial charge >= 0.3 is 0 Å². The summed E-state index contributed by atoms with van der Waals surface area (Å²) in [5, 5.41) is 0. The number of alkyl halides is 1. The average Bonchev–Trinajstić information content (AvgIpc) is 2.25. The van der Waals surface area contributed by atoms with Crippen LogP contribution >= 0.6 is 15.9 Å². The van der Waals surface area contributed by atoms with Crippen molar-refractivity contribution in [2.75, 3.05) is 6.54 Å². The normalized spacial score (nSPS) is 12.2. The number of hydrogen-bond donors (Lipinski definition) is 0. The van der Waals surface area contributed by atoms with Crippen LogP contribution in [0, 0.1) is 6.92 Å². The second kappa shape index (κ2) is 5.99. The number of carbonyl (C=O) groups is 1. The number of rotatable bonds is 4. The van der Waals surface area contributed by atoms with Crippen molar-refractivity contribution in [2.24, 2.45) is 0 Å². The molecule has 0 aromatic carbocycles. The summed E-state index contributed by atoms with van der Waals surface area (Å²) in [4.78, 5) is 17.9. The Hall–Kier alpha value is -0.900. The molecule has 0 aliphatic carbocycles. The van der Waals surface area contributed by atoms with Crippen LogP contribution in [-0.2, 0) is 11.3 Å². The van der Waals surface area contributed by atoms with Crippen LogP contribution in [0.1, 0.15) is 25.2 Å². The molecule has 0 fully saturated rings. The summed E-state index contributed by atoms with van der Waals surface area (Å²) in [6, 6.07) is 5.87. The minimum Gasteiger partial charge on any atom is -0.336 e. The van der Waals surface area contributed by atoms with Crippen molar-refractivity contribution in [3.63, 3.8) is 0 Å². The summed E-state index contributed by atoms with van der Waals surface area (Å²) >= 11 is 3.30. The van der Waals surface area contributed by atoms with Gasteiger partial charge in [0.2, 0.25) is 5.91 Å². The number of nitrogens with zero attached hydrogens (tertiary/aromatic N) is 2. The molecule has 0 bridgehead atoms. The van der Waals surface area contributed by atoms with Gasteiger partial charge in [-0.1, -0.05) is 22.0 Å². The molecule has 1 amide bonds. The van der Waals surface area contributed by atoms with Gasteiger partial charge in [-0.05, 0) is 32.9 Å². The van der Waals surface area contributed by atoms with Gasteiger partial charge in [0.1, 0.15) is 0 Å². The zero-order chi connectivity index (χ0) is 12.1. The fourth-order valence-electron chi connectivity index (χ4n) is 1.48. The molecule has 0 aliphatic heterocycles. The number of pyridine rings is 1. The molecule has 0 saturated carbocycles. The van der Waals surface area contributed by atoms with E-state index in [2.05, 4.69) is 20.9 Å². The minimum absolute atomic E-state index is 0.103. The molecule has 0 aliphatic rings. The standard InChI is InChI=1S/C12H17BrN2O/c1-4-15(12(16)10(3)13)8-11-7-5-6-9(2)14-11/h5-7,10H,4,8H2,1-3H3. The van der Waals surface area contributed by atoms with E-state index < -0.39 is 0 Å². The monoisotopic (exact) mass is 284 g/mol. The number of halogens is 1. The molecule has 0 N–H and O–H groups in total. The van der Waals surface area contributed by atoms with Gasteiger partial charge in [0.15, 0.2) is 0 Å². The van der Waals surface area contributed by atoms with Gasteiger partial charge < -0.3 is 4.90 Å². The zero-order valence-electron chi connectivity index (χ0n) is 9.90. The third-order valence-corrected chi connectivity index (χ3v) is 2.72. The molecular formula is C12H17BrN2O. The average molecular weight is 285 g/mol. The maximum Gasteiger partial charge on any atom is 0.236 e. The van der Waals surface area contributed by atoms with E-state index in [1.807, 2.05) is 39.0 Å². The van der Waals surface area contributed by atoms with Gasteiger partial charge in [-0.3, -0.25) is 9.78 Å². The predicted octanol–water partition coefficient (Wildman–Crippen LogP) is 2.52. The Morgan fingerprint density at radius 3 is 2.75 bits per heavy atom. The molecule has 1 aromatic rings. The van der Waals surface area contributed by atoms with E-state index in [1.165, 1.54) is 0 Å². The first-order valence-electron chi connectivity index (χ1n) is 5.40. The number of aryl methyl sites for hydroxylation is 1. The lowest BCUT2D eigenvalue weighted by Gasteiger charge is -2.21. The first kappa shape index (κ1) is 13.2. The van der Waals surface area contributed by atoms with E-state index in [-0.39, 0.29) is 10.7 Å². The molecular weight excluding hydrogens is 268 g/mol. The lowest BCUT2D eigenvalue weighted by atomic mass is 10.3. The summed E-state index contributed by atoms with van der Waals surface area (Å²) in [6.45, 7) is 7.05. The molecule has 4 heteroatoms. The topological polar surface area (TPSA) is 33.2 Å². The summed E-state index contributed by atoms with van der Waals surface area (Å²) in [6.07, 6.45) is 0. The molecule has 0 spiro atoms. The summed E-state index contributed by atoms with van der Waals surface area (Å²) in [7, 11) is 0. The Labute approximate surface area is 105 Å². The SMILES string of the molecule is CCN(Cc1cccc(C)n1)C(=O)C(C)Br. The second-order valence-corrected chi connectivity index (χ2v) is 5.11. The molecule has 1 unspecified atom stereocenters. The Balaban J connectivity index is 2.74. The van der Waals surface area contributed by atoms with Crippen LogP contribution in [0.3, 0.4) is 0 Å². The van der Waals surface area contributed by atoms with Crippen molar-refractivity contribution < 1.29 is 4.79 Å². The summed E-state index contributed by atoms with van der Waals surface area (Å²) in [5.41, 5.74) is 1.91. The maximum atomic E-state index is 11.8. The maximum absolute atomic E-state index is 11.8. The first-order chi connectivity index (χ1) is 7.54. The van der Waals surface area contributed by atoms with Crippen LogP contribution in [0.15, 0.2) is 18.2 Å². The number of carbonyl (C=O) groups excluding carboxylic acids is 1. The Bertz CT molecular complexity index is 366. The summed E-state index contributed by atoms with van der Waals surface area (Å²) < 4.78 is 0. The van der Waals surface area contributed by atoms with E-state index in [1.54, 1.807) is 4.90 Å². The van der Waals surface area contributed by atoms with Crippen molar-refractivity contribution in [3.8, 4) is 0 Å². The molecule has 88 valence electrons. The Morgan fingerprint density at radius 1 is 1.56 bits per heavy atom. The van der Waals surface area contributed by atoms with Gasteiger partial charge in [0.05, 0.1) is 17.1 Å². The van der Waals surface area contributed by atoms with Crippen molar-refractivity contribution >= 4 is 21.8 Å². The Kier molecular flexibility index (Phi) is 4.93. The van der Waals surface area contributed by atoms with E-state index in [4.69, 9.17) is 0 Å². The van der Waals surface area contributed by atoms with Gasteiger partial charge in [-0.25, -0.2) is 0 Å². The van der Waals surface area contributed by atoms with Gasteiger partial charge in [0, 0.05) is 12.2 Å². The van der Waals surface area contributed by atoms with Crippen LogP contribution in [0.5, 0.6) is 0 Å². The van der Waals surface area contributed by atoms with Gasteiger partial charge in [-0.2, -0.15) is 0 Å². The van der Waals surface area contributed by atoms with E-state index in [9.17, 15) is 4.79 Å². The lowest BCUT2D eigenvalue weighted by Crippen LogP contribution is -2.35. The molecule has 0 radical (unpaired) electrons. The fourth-order valence-corrected chi connectivity index (χ4v) is 1.77. The van der Waals surface area contributed by atoms with Gasteiger partial charge in [0.25, 0.3) is 0 Å². The van der Waals surface area contributed by atoms with Crippen LogP contribution in [0.4, 0.5) is 0 Å². The van der Waals surface area contributed by atoms with E-state index in [0.29, 0.717) is 13.1 Å². The minimum atomic E-state index is -0.141. The number of hydrogen-bond acceptors (Lipinski definition) is 2. The fraction of sp³-hybridized carbons (Fsp3) is 0.500. The summed E-state index contributed by atoms with van der Waals surface area (Å²) in [5.74, 6) is 0.103. The van der Waals surface area contributed by atoms with E-state index >= 15 is 0 Å². The molecule has 16 heavy (non-hydrogen) atoms. The molecule has 1 heterocycles. The van der Waals surface area contributed by atoms with Crippen molar-refractivity contribution in [3.05, 3.63) is 29.6 Å². The quantitative estimate of drug-likeness (QED) is 0.796. The molecule has 1 rings (SSSR count). The van der Waals surface area contributed by atoms with Crippen molar-refractivity contribution in [1.82, 2.24) is 9.88 Å². The third kappa shape index (κ3) is 3.59. The first-order valence-corrected chi connectivity index (χ1v) is 6.31. The zero-order valence-corrected chi connectivity index (χ0v) is 11.5. The lowest BCUT2D eigenvalue weighted by molar-refractivity contribution is -0.130. The third-order valence-electron chi connectivity index (χ3n) is 2.33. The number of amides is 1. The predicted molar refractivity (Wildman–Crippen MR) is 68.5 cm³/mol. The molecule has 1 aromatic heterocycles. The number of aromatic nitrogens is 1. The molecule has 1 atom stereocenters. The van der Waals surface area contributed by atoms with Crippen LogP contribution < -0.4 is 0 Å². The highest BCUT2D eigenvalue weighted by atomic mass is 79.9. The van der Waals surface area contributed by atoms with E-state index in [0.717, 1.165) is 11.4 Å². The smallest absolute Gasteiger partial charge is 0.236 e. The van der Waals surface area contributed by atoms with Gasteiger partial charge in [-0.15, -0.1) is 0 Å². The van der Waals surface area contributed by atoms with Crippen LogP contribution in [-0.4, -0.2) is 27.2 Å².